The van der Waals surface area contributed by atoms with E-state index in [1.165, 1.54) is 0 Å². The second-order valence-corrected chi connectivity index (χ2v) is 8.92. The van der Waals surface area contributed by atoms with Crippen molar-refractivity contribution in [2.24, 2.45) is 0 Å². The van der Waals surface area contributed by atoms with Gasteiger partial charge < -0.3 is 5.32 Å². The molecule has 0 fully saturated rings. The van der Waals surface area contributed by atoms with Crippen molar-refractivity contribution in [2.75, 3.05) is 6.54 Å². The Bertz CT molecular complexity index is 1050. The third-order valence-corrected chi connectivity index (χ3v) is 6.27. The standard InChI is InChI=1S/C24H26N2O3S/c1-19-12-14-22(15-13-19)30(28,29)26-23(18-21-10-6-3-7-11-21)24(27)25-17-16-20-8-4-2-5-9-20/h2-15,23,26H,16-18H2,1H3,(H,25,27). The molecule has 6 heteroatoms. The predicted molar refractivity (Wildman–Crippen MR) is 119 cm³/mol. The molecule has 1 unspecified atom stereocenters. The van der Waals surface area contributed by atoms with E-state index < -0.39 is 16.1 Å². The van der Waals surface area contributed by atoms with Crippen LogP contribution < -0.4 is 10.0 Å². The second kappa shape index (κ2) is 10.2. The zero-order chi connectivity index (χ0) is 21.4. The Morgan fingerprint density at radius 3 is 2.00 bits per heavy atom. The van der Waals surface area contributed by atoms with Gasteiger partial charge >= 0.3 is 0 Å². The number of carbonyl (C=O) groups excluding carboxylic acids is 1. The van der Waals surface area contributed by atoms with Crippen LogP contribution in [0.2, 0.25) is 0 Å². The first-order chi connectivity index (χ1) is 14.4. The van der Waals surface area contributed by atoms with E-state index in [0.29, 0.717) is 13.0 Å². The molecule has 0 aliphatic carbocycles. The molecule has 1 atom stereocenters. The van der Waals surface area contributed by atoms with Crippen molar-refractivity contribution in [1.82, 2.24) is 10.0 Å². The van der Waals surface area contributed by atoms with Crippen LogP contribution in [-0.2, 0) is 27.7 Å². The Morgan fingerprint density at radius 1 is 0.833 bits per heavy atom. The van der Waals surface area contributed by atoms with Gasteiger partial charge in [-0.2, -0.15) is 4.72 Å². The van der Waals surface area contributed by atoms with Crippen molar-refractivity contribution in [3.63, 3.8) is 0 Å². The van der Waals surface area contributed by atoms with E-state index in [4.69, 9.17) is 0 Å². The maximum Gasteiger partial charge on any atom is 0.241 e. The Hall–Kier alpha value is -2.96. The van der Waals surface area contributed by atoms with Crippen LogP contribution in [0.3, 0.4) is 0 Å². The number of sulfonamides is 1. The monoisotopic (exact) mass is 422 g/mol. The smallest absolute Gasteiger partial charge is 0.241 e. The molecule has 156 valence electrons. The lowest BCUT2D eigenvalue weighted by Gasteiger charge is -2.19. The average Bonchev–Trinajstić information content (AvgIpc) is 2.75. The molecule has 0 aliphatic heterocycles. The Balaban J connectivity index is 1.72. The average molecular weight is 423 g/mol. The topological polar surface area (TPSA) is 75.3 Å². The molecule has 1 amide bonds. The van der Waals surface area contributed by atoms with Crippen LogP contribution in [0.5, 0.6) is 0 Å². The largest absolute Gasteiger partial charge is 0.354 e. The highest BCUT2D eigenvalue weighted by Crippen LogP contribution is 2.12. The number of hydrogen-bond acceptors (Lipinski definition) is 3. The van der Waals surface area contributed by atoms with Gasteiger partial charge in [-0.15, -0.1) is 0 Å². The van der Waals surface area contributed by atoms with E-state index in [1.807, 2.05) is 67.6 Å². The molecule has 30 heavy (non-hydrogen) atoms. The minimum Gasteiger partial charge on any atom is -0.354 e. The first-order valence-electron chi connectivity index (χ1n) is 9.88. The Kier molecular flexibility index (Phi) is 7.38. The van der Waals surface area contributed by atoms with Gasteiger partial charge in [-0.1, -0.05) is 78.4 Å². The molecule has 0 spiro atoms. The third-order valence-electron chi connectivity index (χ3n) is 4.78. The molecule has 0 radical (unpaired) electrons. The molecular weight excluding hydrogens is 396 g/mol. The van der Waals surface area contributed by atoms with Gasteiger partial charge in [0.15, 0.2) is 0 Å². The van der Waals surface area contributed by atoms with Crippen LogP contribution in [0.4, 0.5) is 0 Å². The number of carbonyl (C=O) groups is 1. The van der Waals surface area contributed by atoms with Gasteiger partial charge in [0.25, 0.3) is 0 Å². The number of amides is 1. The van der Waals surface area contributed by atoms with Gasteiger partial charge in [0, 0.05) is 6.54 Å². The lowest BCUT2D eigenvalue weighted by molar-refractivity contribution is -0.122. The highest BCUT2D eigenvalue weighted by Gasteiger charge is 2.25. The van der Waals surface area contributed by atoms with Crippen LogP contribution in [0.25, 0.3) is 0 Å². The number of benzene rings is 3. The van der Waals surface area contributed by atoms with Gasteiger partial charge in [0.2, 0.25) is 15.9 Å². The van der Waals surface area contributed by atoms with Crippen molar-refractivity contribution in [1.29, 1.82) is 0 Å². The summed E-state index contributed by atoms with van der Waals surface area (Å²) in [5.74, 6) is -0.342. The Morgan fingerprint density at radius 2 is 1.40 bits per heavy atom. The van der Waals surface area contributed by atoms with Crippen LogP contribution in [0, 0.1) is 6.92 Å². The third kappa shape index (κ3) is 6.27. The molecule has 0 bridgehead atoms. The predicted octanol–water partition coefficient (Wildman–Crippen LogP) is 3.24. The molecule has 0 heterocycles. The van der Waals surface area contributed by atoms with Gasteiger partial charge in [0.05, 0.1) is 4.90 Å². The lowest BCUT2D eigenvalue weighted by atomic mass is 10.1. The van der Waals surface area contributed by atoms with Crippen LogP contribution in [0.15, 0.2) is 89.8 Å². The normalized spacial score (nSPS) is 12.3. The van der Waals surface area contributed by atoms with Gasteiger partial charge in [-0.25, -0.2) is 8.42 Å². The van der Waals surface area contributed by atoms with Crippen molar-refractivity contribution in [3.8, 4) is 0 Å². The summed E-state index contributed by atoms with van der Waals surface area (Å²) >= 11 is 0. The highest BCUT2D eigenvalue weighted by atomic mass is 32.2. The van der Waals surface area contributed by atoms with Crippen molar-refractivity contribution < 1.29 is 13.2 Å². The molecule has 0 saturated carbocycles. The van der Waals surface area contributed by atoms with Gasteiger partial charge in [-0.05, 0) is 43.0 Å². The zero-order valence-electron chi connectivity index (χ0n) is 16.9. The van der Waals surface area contributed by atoms with Crippen LogP contribution in [-0.4, -0.2) is 26.9 Å². The number of rotatable bonds is 9. The molecule has 3 aromatic rings. The highest BCUT2D eigenvalue weighted by molar-refractivity contribution is 7.89. The van der Waals surface area contributed by atoms with Crippen molar-refractivity contribution >= 4 is 15.9 Å². The summed E-state index contributed by atoms with van der Waals surface area (Å²) in [5.41, 5.74) is 2.96. The first kappa shape index (κ1) is 21.7. The van der Waals surface area contributed by atoms with Crippen LogP contribution >= 0.6 is 0 Å². The fourth-order valence-electron chi connectivity index (χ4n) is 3.11. The number of nitrogens with one attached hydrogen (secondary N) is 2. The van der Waals surface area contributed by atoms with Crippen LogP contribution in [0.1, 0.15) is 16.7 Å². The van der Waals surface area contributed by atoms with Crippen molar-refractivity contribution in [3.05, 3.63) is 102 Å². The maximum atomic E-state index is 12.9. The summed E-state index contributed by atoms with van der Waals surface area (Å²) in [6.45, 7) is 2.32. The molecule has 0 saturated heterocycles. The van der Waals surface area contributed by atoms with Gasteiger partial charge in [-0.3, -0.25) is 4.79 Å². The molecule has 0 aromatic heterocycles. The molecular formula is C24H26N2O3S. The fourth-order valence-corrected chi connectivity index (χ4v) is 4.30. The van der Waals surface area contributed by atoms with E-state index in [2.05, 4.69) is 10.0 Å². The summed E-state index contributed by atoms with van der Waals surface area (Å²) in [4.78, 5) is 13.0. The summed E-state index contributed by atoms with van der Waals surface area (Å²) in [5, 5.41) is 2.87. The quantitative estimate of drug-likeness (QED) is 0.556. The summed E-state index contributed by atoms with van der Waals surface area (Å²) in [6.07, 6.45) is 0.943. The summed E-state index contributed by atoms with van der Waals surface area (Å²) in [7, 11) is -3.83. The molecule has 0 aliphatic rings. The van der Waals surface area contributed by atoms with E-state index >= 15 is 0 Å². The second-order valence-electron chi connectivity index (χ2n) is 7.20. The Labute approximate surface area is 178 Å². The maximum absolute atomic E-state index is 12.9. The SMILES string of the molecule is Cc1ccc(S(=O)(=O)NC(Cc2ccccc2)C(=O)NCCc2ccccc2)cc1. The lowest BCUT2D eigenvalue weighted by Crippen LogP contribution is -2.48. The van der Waals surface area contributed by atoms with E-state index in [-0.39, 0.29) is 17.2 Å². The number of aryl methyl sites for hydroxylation is 1. The molecule has 3 rings (SSSR count). The molecule has 3 aromatic carbocycles. The molecule has 2 N–H and O–H groups in total. The summed E-state index contributed by atoms with van der Waals surface area (Å²) in [6, 6.07) is 24.9. The number of hydrogen-bond donors (Lipinski definition) is 2. The summed E-state index contributed by atoms with van der Waals surface area (Å²) < 4.78 is 28.3. The molecule has 5 nitrogen and oxygen atoms in total. The zero-order valence-corrected chi connectivity index (χ0v) is 17.7. The fraction of sp³-hybridized carbons (Fsp3) is 0.208. The minimum atomic E-state index is -3.83. The van der Waals surface area contributed by atoms with Crippen molar-refractivity contribution in [2.45, 2.75) is 30.7 Å². The van der Waals surface area contributed by atoms with E-state index in [0.717, 1.165) is 16.7 Å². The van der Waals surface area contributed by atoms with E-state index in [9.17, 15) is 13.2 Å². The first-order valence-corrected chi connectivity index (χ1v) is 11.4. The van der Waals surface area contributed by atoms with E-state index in [1.54, 1.807) is 24.3 Å². The minimum absolute atomic E-state index is 0.142. The van der Waals surface area contributed by atoms with Gasteiger partial charge in [0.1, 0.15) is 6.04 Å².